The van der Waals surface area contributed by atoms with Gasteiger partial charge in [-0.25, -0.2) is 0 Å². The van der Waals surface area contributed by atoms with Crippen LogP contribution < -0.4 is 0 Å². The quantitative estimate of drug-likeness (QED) is 0.172. The molecular weight excluding hydrogens is 677 g/mol. The first-order valence-electron chi connectivity index (χ1n) is 19.5. The van der Waals surface area contributed by atoms with E-state index in [1.165, 1.54) is 122 Å². The third kappa shape index (κ3) is 4.33. The summed E-state index contributed by atoms with van der Waals surface area (Å²) in [5.74, 6) is 0. The third-order valence-electron chi connectivity index (χ3n) is 12.1. The molecule has 0 saturated carbocycles. The number of hydrogen-bond acceptors (Lipinski definition) is 0. The zero-order chi connectivity index (χ0) is 37.1. The van der Waals surface area contributed by atoms with Gasteiger partial charge in [-0.05, 0) is 130 Å². The summed E-state index contributed by atoms with van der Waals surface area (Å²) in [5, 5.41) is 5.07. The highest BCUT2D eigenvalue weighted by Gasteiger charge is 2.38. The Hall–Kier alpha value is -7.16. The number of aromatic nitrogens is 2. The van der Waals surface area contributed by atoms with E-state index in [-0.39, 0.29) is 0 Å². The SMILES string of the molecule is Cc1ccc2c(c1)C(c1ccc3c(c1)c1ccccc1n3-c1ccccc1)=C1C2=C(c2ccc3c(c2)c2ccccc2n3-c2ccccc2)c2cc(C)ccc21. The molecule has 0 saturated heterocycles. The summed E-state index contributed by atoms with van der Waals surface area (Å²) in [4.78, 5) is 0. The van der Waals surface area contributed by atoms with Gasteiger partial charge in [-0.3, -0.25) is 0 Å². The van der Waals surface area contributed by atoms with Crippen LogP contribution in [0.15, 0.2) is 182 Å². The fourth-order valence-corrected chi connectivity index (χ4v) is 9.79. The topological polar surface area (TPSA) is 9.86 Å². The van der Waals surface area contributed by atoms with Gasteiger partial charge in [0.25, 0.3) is 0 Å². The molecule has 0 radical (unpaired) electrons. The Morgan fingerprint density at radius 2 is 0.679 bits per heavy atom. The highest BCUT2D eigenvalue weighted by atomic mass is 15.0. The second-order valence-corrected chi connectivity index (χ2v) is 15.4. The normalized spacial score (nSPS) is 13.4. The largest absolute Gasteiger partial charge is 0.309 e. The molecular formula is C54H36N2. The van der Waals surface area contributed by atoms with Crippen molar-refractivity contribution in [3.8, 4) is 11.4 Å². The lowest BCUT2D eigenvalue weighted by molar-refractivity contribution is 1.18. The van der Waals surface area contributed by atoms with Crippen LogP contribution in [0.25, 0.3) is 77.3 Å². The fraction of sp³-hybridized carbons (Fsp3) is 0.0370. The number of hydrogen-bond donors (Lipinski definition) is 0. The molecule has 12 rings (SSSR count). The van der Waals surface area contributed by atoms with E-state index in [1.807, 2.05) is 0 Å². The molecule has 56 heavy (non-hydrogen) atoms. The number of nitrogens with zero attached hydrogens (tertiary/aromatic N) is 2. The molecule has 10 aromatic rings. The molecule has 0 unspecified atom stereocenters. The minimum Gasteiger partial charge on any atom is -0.309 e. The summed E-state index contributed by atoms with van der Waals surface area (Å²) in [6, 6.07) is 67.5. The van der Waals surface area contributed by atoms with Crippen molar-refractivity contribution in [1.29, 1.82) is 0 Å². The van der Waals surface area contributed by atoms with Gasteiger partial charge in [-0.15, -0.1) is 0 Å². The number of rotatable bonds is 4. The van der Waals surface area contributed by atoms with Crippen LogP contribution in [-0.2, 0) is 0 Å². The first kappa shape index (κ1) is 31.2. The second-order valence-electron chi connectivity index (χ2n) is 15.4. The summed E-state index contributed by atoms with van der Waals surface area (Å²) >= 11 is 0. The van der Waals surface area contributed by atoms with Crippen LogP contribution in [0.4, 0.5) is 0 Å². The zero-order valence-electron chi connectivity index (χ0n) is 31.2. The van der Waals surface area contributed by atoms with Crippen molar-refractivity contribution in [3.63, 3.8) is 0 Å². The van der Waals surface area contributed by atoms with Gasteiger partial charge in [0.15, 0.2) is 0 Å². The number of aryl methyl sites for hydroxylation is 2. The summed E-state index contributed by atoms with van der Waals surface area (Å²) in [6.45, 7) is 4.44. The van der Waals surface area contributed by atoms with Crippen LogP contribution in [0, 0.1) is 13.8 Å². The molecule has 2 nitrogen and oxygen atoms in total. The molecule has 2 aromatic heterocycles. The van der Waals surface area contributed by atoms with Gasteiger partial charge in [0.1, 0.15) is 0 Å². The molecule has 2 heterocycles. The maximum Gasteiger partial charge on any atom is 0.0541 e. The predicted octanol–water partition coefficient (Wildman–Crippen LogP) is 13.7. The van der Waals surface area contributed by atoms with Gasteiger partial charge in [0.05, 0.1) is 22.1 Å². The lowest BCUT2D eigenvalue weighted by Gasteiger charge is -2.14. The molecule has 0 atom stereocenters. The number of allylic oxidation sites excluding steroid dienone is 2. The van der Waals surface area contributed by atoms with Gasteiger partial charge in [-0.2, -0.15) is 0 Å². The van der Waals surface area contributed by atoms with Crippen molar-refractivity contribution >= 4 is 65.9 Å². The zero-order valence-corrected chi connectivity index (χ0v) is 31.2. The summed E-state index contributed by atoms with van der Waals surface area (Å²) < 4.78 is 4.81. The predicted molar refractivity (Wildman–Crippen MR) is 236 cm³/mol. The van der Waals surface area contributed by atoms with Gasteiger partial charge < -0.3 is 9.13 Å². The van der Waals surface area contributed by atoms with Crippen LogP contribution in [0.5, 0.6) is 0 Å². The Labute approximate surface area is 325 Å². The number of fused-ring (bicyclic) bond motifs is 11. The first-order valence-corrected chi connectivity index (χ1v) is 19.5. The molecule has 0 amide bonds. The first-order chi connectivity index (χ1) is 27.6. The van der Waals surface area contributed by atoms with E-state index in [4.69, 9.17) is 0 Å². The van der Waals surface area contributed by atoms with Gasteiger partial charge in [-0.1, -0.05) is 132 Å². The molecule has 2 aliphatic carbocycles. The van der Waals surface area contributed by atoms with Crippen LogP contribution in [0.3, 0.4) is 0 Å². The van der Waals surface area contributed by atoms with E-state index in [2.05, 4.69) is 205 Å². The van der Waals surface area contributed by atoms with Crippen LogP contribution in [0.2, 0.25) is 0 Å². The monoisotopic (exact) mass is 712 g/mol. The van der Waals surface area contributed by atoms with Crippen molar-refractivity contribution in [3.05, 3.63) is 226 Å². The average molecular weight is 713 g/mol. The van der Waals surface area contributed by atoms with Gasteiger partial charge in [0, 0.05) is 32.9 Å². The van der Waals surface area contributed by atoms with Gasteiger partial charge >= 0.3 is 0 Å². The Bertz CT molecular complexity index is 3120. The summed E-state index contributed by atoms with van der Waals surface area (Å²) in [6.07, 6.45) is 0. The summed E-state index contributed by atoms with van der Waals surface area (Å²) in [5.41, 5.74) is 22.8. The average Bonchev–Trinajstić information content (AvgIpc) is 3.95. The van der Waals surface area contributed by atoms with Crippen molar-refractivity contribution in [2.24, 2.45) is 0 Å². The van der Waals surface area contributed by atoms with Crippen molar-refractivity contribution < 1.29 is 0 Å². The second kappa shape index (κ2) is 11.7. The van der Waals surface area contributed by atoms with Crippen molar-refractivity contribution in [2.45, 2.75) is 13.8 Å². The van der Waals surface area contributed by atoms with E-state index >= 15 is 0 Å². The minimum atomic E-state index is 1.18. The van der Waals surface area contributed by atoms with E-state index in [0.29, 0.717) is 0 Å². The molecule has 262 valence electrons. The van der Waals surface area contributed by atoms with Gasteiger partial charge in [0.2, 0.25) is 0 Å². The Kier molecular flexibility index (Phi) is 6.50. The van der Waals surface area contributed by atoms with E-state index < -0.39 is 0 Å². The Morgan fingerprint density at radius 3 is 1.12 bits per heavy atom. The smallest absolute Gasteiger partial charge is 0.0541 e. The highest BCUT2D eigenvalue weighted by molar-refractivity contribution is 6.36. The van der Waals surface area contributed by atoms with E-state index in [0.717, 1.165) is 0 Å². The third-order valence-corrected chi connectivity index (χ3v) is 12.1. The van der Waals surface area contributed by atoms with Crippen LogP contribution in [0.1, 0.15) is 44.5 Å². The minimum absolute atomic E-state index is 1.18. The van der Waals surface area contributed by atoms with Crippen LogP contribution >= 0.6 is 0 Å². The maximum absolute atomic E-state index is 2.45. The Morgan fingerprint density at radius 1 is 0.286 bits per heavy atom. The molecule has 0 bridgehead atoms. The molecule has 2 heteroatoms. The molecule has 8 aromatic carbocycles. The molecule has 0 N–H and O–H groups in total. The van der Waals surface area contributed by atoms with Crippen molar-refractivity contribution in [2.75, 3.05) is 0 Å². The fourth-order valence-electron chi connectivity index (χ4n) is 9.79. The van der Waals surface area contributed by atoms with E-state index in [1.54, 1.807) is 0 Å². The Balaban J connectivity index is 1.15. The summed E-state index contributed by atoms with van der Waals surface area (Å²) in [7, 11) is 0. The van der Waals surface area contributed by atoms with E-state index in [9.17, 15) is 0 Å². The molecule has 0 aliphatic heterocycles. The maximum atomic E-state index is 2.45. The number of benzene rings is 8. The highest BCUT2D eigenvalue weighted by Crippen LogP contribution is 2.59. The standard InChI is InChI=1S/C54H36N2/c1-33-21-25-41-45(29-33)51(35-23-27-49-43(31-35)39-17-9-11-19-47(39)55(49)37-13-5-3-6-14-37)54-42-26-22-34(2)30-46(42)52(53(41)54)36-24-28-50-44(32-36)40-18-10-12-20-48(40)56(50)38-15-7-4-8-16-38/h3-32H,1-2H3. The lowest BCUT2D eigenvalue weighted by Crippen LogP contribution is -1.95. The van der Waals surface area contributed by atoms with Crippen LogP contribution in [-0.4, -0.2) is 9.13 Å². The molecule has 2 aliphatic rings. The lowest BCUT2D eigenvalue weighted by atomic mass is 9.90. The number of para-hydroxylation sites is 4. The molecule has 0 fully saturated rings. The van der Waals surface area contributed by atoms with Crippen molar-refractivity contribution in [1.82, 2.24) is 9.13 Å². The molecule has 0 spiro atoms.